The maximum Gasteiger partial charge on any atom is 0.350 e. The highest BCUT2D eigenvalue weighted by atomic mass is 16.5. The summed E-state index contributed by atoms with van der Waals surface area (Å²) in [6, 6.07) is 21.4. The summed E-state index contributed by atoms with van der Waals surface area (Å²) in [6.45, 7) is 10.1. The van der Waals surface area contributed by atoms with E-state index in [4.69, 9.17) is 20.6 Å². The van der Waals surface area contributed by atoms with E-state index in [9.17, 15) is 4.79 Å². The molecule has 3 aromatic rings. The lowest BCUT2D eigenvalue weighted by Gasteiger charge is -2.18. The van der Waals surface area contributed by atoms with Crippen molar-refractivity contribution in [2.45, 2.75) is 41.2 Å². The molecule has 0 saturated carbocycles. The van der Waals surface area contributed by atoms with Crippen molar-refractivity contribution < 1.29 is 19.0 Å². The Bertz CT molecular complexity index is 1370. The van der Waals surface area contributed by atoms with Crippen molar-refractivity contribution in [1.82, 2.24) is 0 Å². The van der Waals surface area contributed by atoms with Crippen LogP contribution in [0.15, 0.2) is 83.4 Å². The van der Waals surface area contributed by atoms with E-state index in [0.29, 0.717) is 11.3 Å². The van der Waals surface area contributed by atoms with E-state index in [2.05, 4.69) is 17.0 Å². The largest absolute Gasteiger partial charge is 0.487 e. The van der Waals surface area contributed by atoms with Crippen LogP contribution in [-0.4, -0.2) is 26.3 Å². The number of rotatable bonds is 8. The van der Waals surface area contributed by atoms with Crippen molar-refractivity contribution in [1.29, 1.82) is 0 Å². The van der Waals surface area contributed by atoms with E-state index in [1.807, 2.05) is 101 Å². The lowest BCUT2D eigenvalue weighted by molar-refractivity contribution is -0.135. The van der Waals surface area contributed by atoms with Gasteiger partial charge in [-0.05, 0) is 99.0 Å². The molecule has 5 heteroatoms. The molecular formula is C34H37NO4. The highest BCUT2D eigenvalue weighted by Gasteiger charge is 2.21. The van der Waals surface area contributed by atoms with Gasteiger partial charge in [-0.1, -0.05) is 48.4 Å². The molecule has 0 unspecified atom stereocenters. The van der Waals surface area contributed by atoms with Gasteiger partial charge in [-0.3, -0.25) is 0 Å². The molecule has 0 aromatic heterocycles. The number of carbonyl (C=O) groups excluding carboxylic acids is 1. The molecule has 0 aliphatic carbocycles. The molecule has 0 aliphatic heterocycles. The monoisotopic (exact) mass is 523 g/mol. The SMILES string of the molecule is C#C/C(C(=O)OC)=C(/OCc1ccccc1)c1ccc(Oc2cc(C)cc(C)c2)cc1/C(C)=C\C.CC=NC. The third-order valence-electron chi connectivity index (χ3n) is 5.77. The van der Waals surface area contributed by atoms with Crippen LogP contribution in [0.25, 0.3) is 11.3 Å². The summed E-state index contributed by atoms with van der Waals surface area (Å²) in [4.78, 5) is 16.2. The third kappa shape index (κ3) is 9.05. The second kappa shape index (κ2) is 15.6. The summed E-state index contributed by atoms with van der Waals surface area (Å²) in [5.41, 5.74) is 5.72. The van der Waals surface area contributed by atoms with E-state index >= 15 is 0 Å². The number of terminal acetylenes is 1. The van der Waals surface area contributed by atoms with E-state index in [1.165, 1.54) is 7.11 Å². The number of hydrogen-bond donors (Lipinski definition) is 0. The average molecular weight is 524 g/mol. The molecule has 202 valence electrons. The summed E-state index contributed by atoms with van der Waals surface area (Å²) in [5.74, 6) is 3.55. The van der Waals surface area contributed by atoms with Crippen LogP contribution in [-0.2, 0) is 20.9 Å². The molecule has 0 saturated heterocycles. The van der Waals surface area contributed by atoms with Gasteiger partial charge in [0.05, 0.1) is 7.11 Å². The first-order chi connectivity index (χ1) is 18.8. The van der Waals surface area contributed by atoms with Crippen molar-refractivity contribution in [2.75, 3.05) is 14.2 Å². The second-order valence-electron chi connectivity index (χ2n) is 8.74. The van der Waals surface area contributed by atoms with Gasteiger partial charge in [0.1, 0.15) is 18.1 Å². The number of esters is 1. The molecule has 0 fully saturated rings. The quantitative estimate of drug-likeness (QED) is 0.0988. The van der Waals surface area contributed by atoms with Crippen molar-refractivity contribution in [3.8, 4) is 23.8 Å². The van der Waals surface area contributed by atoms with Crippen molar-refractivity contribution in [3.05, 3.63) is 106 Å². The van der Waals surface area contributed by atoms with Crippen molar-refractivity contribution in [2.24, 2.45) is 4.99 Å². The second-order valence-corrected chi connectivity index (χ2v) is 8.74. The van der Waals surface area contributed by atoms with Crippen LogP contribution in [0, 0.1) is 26.2 Å². The van der Waals surface area contributed by atoms with Gasteiger partial charge in [0.25, 0.3) is 0 Å². The van der Waals surface area contributed by atoms with Crippen molar-refractivity contribution in [3.63, 3.8) is 0 Å². The maximum absolute atomic E-state index is 12.5. The molecule has 0 amide bonds. The topological polar surface area (TPSA) is 57.1 Å². The normalized spacial score (nSPS) is 11.6. The van der Waals surface area contributed by atoms with Gasteiger partial charge in [-0.2, -0.15) is 0 Å². The Morgan fingerprint density at radius 3 is 2.13 bits per heavy atom. The average Bonchev–Trinajstić information content (AvgIpc) is 2.94. The predicted octanol–water partition coefficient (Wildman–Crippen LogP) is 7.96. The Morgan fingerprint density at radius 1 is 0.949 bits per heavy atom. The number of aliphatic imine (C=N–C) groups is 1. The zero-order valence-corrected chi connectivity index (χ0v) is 23.9. The fourth-order valence-electron chi connectivity index (χ4n) is 3.73. The van der Waals surface area contributed by atoms with Gasteiger partial charge in [0.15, 0.2) is 11.3 Å². The number of aryl methyl sites for hydroxylation is 2. The van der Waals surface area contributed by atoms with Gasteiger partial charge in [-0.15, -0.1) is 6.42 Å². The zero-order chi connectivity index (χ0) is 28.8. The van der Waals surface area contributed by atoms with Gasteiger partial charge in [-0.25, -0.2) is 4.79 Å². The Balaban J connectivity index is 0.00000124. The first-order valence-corrected chi connectivity index (χ1v) is 12.6. The van der Waals surface area contributed by atoms with Crippen LogP contribution in [0.5, 0.6) is 11.5 Å². The Kier molecular flexibility index (Phi) is 12.3. The van der Waals surface area contributed by atoms with Crippen LogP contribution in [0.1, 0.15) is 48.6 Å². The molecule has 0 spiro atoms. The fourth-order valence-corrected chi connectivity index (χ4v) is 3.73. The molecule has 3 rings (SSSR count). The first-order valence-electron chi connectivity index (χ1n) is 12.6. The molecule has 0 heterocycles. The Labute approximate surface area is 232 Å². The number of carbonyl (C=O) groups is 1. The number of allylic oxidation sites excluding steroid dienone is 2. The minimum absolute atomic E-state index is 0.0246. The fraction of sp³-hybridized carbons (Fsp3) is 0.235. The molecule has 39 heavy (non-hydrogen) atoms. The summed E-state index contributed by atoms with van der Waals surface area (Å²) < 4.78 is 17.3. The highest BCUT2D eigenvalue weighted by molar-refractivity contribution is 6.01. The molecule has 3 aromatic carbocycles. The van der Waals surface area contributed by atoms with E-state index in [1.54, 1.807) is 13.3 Å². The smallest absolute Gasteiger partial charge is 0.350 e. The van der Waals surface area contributed by atoms with Gasteiger partial charge < -0.3 is 19.2 Å². The van der Waals surface area contributed by atoms with E-state index < -0.39 is 5.97 Å². The van der Waals surface area contributed by atoms with Gasteiger partial charge >= 0.3 is 5.97 Å². The molecule has 0 atom stereocenters. The Morgan fingerprint density at radius 2 is 1.59 bits per heavy atom. The molecular weight excluding hydrogens is 486 g/mol. The number of hydrogen-bond acceptors (Lipinski definition) is 5. The lowest BCUT2D eigenvalue weighted by atomic mass is 9.96. The third-order valence-corrected chi connectivity index (χ3v) is 5.77. The summed E-state index contributed by atoms with van der Waals surface area (Å²) in [7, 11) is 3.05. The number of ether oxygens (including phenoxy) is 3. The van der Waals surface area contributed by atoms with Crippen LogP contribution >= 0.6 is 0 Å². The number of benzene rings is 3. The van der Waals surface area contributed by atoms with Crippen LogP contribution in [0.3, 0.4) is 0 Å². The number of methoxy groups -OCH3 is 1. The minimum atomic E-state index is -0.629. The molecule has 5 nitrogen and oxygen atoms in total. The Hall–Kier alpha value is -4.56. The highest BCUT2D eigenvalue weighted by Crippen LogP contribution is 2.34. The van der Waals surface area contributed by atoms with Gasteiger partial charge in [0, 0.05) is 12.6 Å². The molecule has 0 aliphatic rings. The van der Waals surface area contributed by atoms with E-state index in [-0.39, 0.29) is 17.9 Å². The van der Waals surface area contributed by atoms with Crippen LogP contribution in [0.4, 0.5) is 0 Å². The van der Waals surface area contributed by atoms with E-state index in [0.717, 1.165) is 33.6 Å². The number of nitrogens with zero attached hydrogens (tertiary/aromatic N) is 1. The summed E-state index contributed by atoms with van der Waals surface area (Å²) in [5, 5.41) is 0. The molecule has 0 bridgehead atoms. The predicted molar refractivity (Wildman–Crippen MR) is 161 cm³/mol. The summed E-state index contributed by atoms with van der Waals surface area (Å²) in [6.07, 6.45) is 9.49. The standard InChI is InChI=1S/C31H30O4.C3H7N/c1-7-23(5)29-19-25(35-26-17-21(3)16-22(4)18-26)14-15-28(29)30(27(8-2)31(32)33-6)34-20-24-12-10-9-11-13-24;1-3-4-2/h2,7,9-19H,20H2,1,3-6H3;3H,1-2H3/b23-7-,30-27-;. The van der Waals surface area contributed by atoms with Gasteiger partial charge in [0.2, 0.25) is 0 Å². The molecule has 0 N–H and O–H groups in total. The van der Waals surface area contributed by atoms with Crippen LogP contribution in [0.2, 0.25) is 0 Å². The minimum Gasteiger partial charge on any atom is -0.487 e. The van der Waals surface area contributed by atoms with Crippen LogP contribution < -0.4 is 4.74 Å². The first kappa shape index (κ1) is 30.7. The molecule has 0 radical (unpaired) electrons. The zero-order valence-electron chi connectivity index (χ0n) is 23.9. The maximum atomic E-state index is 12.5. The summed E-state index contributed by atoms with van der Waals surface area (Å²) >= 11 is 0. The van der Waals surface area contributed by atoms with Crippen molar-refractivity contribution >= 4 is 23.5 Å². The lowest BCUT2D eigenvalue weighted by Crippen LogP contribution is -2.09.